The Labute approximate surface area is 129 Å². The largest absolute Gasteiger partial charge is 0.374 e. The Bertz CT molecular complexity index is 695. The molecule has 2 rings (SSSR count). The minimum absolute atomic E-state index is 0.0706. The van der Waals surface area contributed by atoms with Crippen LogP contribution < -0.4 is 10.6 Å². The molecule has 2 N–H and O–H groups in total. The van der Waals surface area contributed by atoms with Crippen molar-refractivity contribution in [2.75, 3.05) is 17.2 Å². The van der Waals surface area contributed by atoms with Gasteiger partial charge in [-0.05, 0) is 42.5 Å². The normalized spacial score (nSPS) is 9.76. The van der Waals surface area contributed by atoms with E-state index in [0.717, 1.165) is 10.5 Å². The molecule has 0 radical (unpaired) electrons. The van der Waals surface area contributed by atoms with Crippen molar-refractivity contribution >= 4 is 33.2 Å². The molecular weight excluding hydrogens is 337 g/mol. The monoisotopic (exact) mass is 347 g/mol. The lowest BCUT2D eigenvalue weighted by Crippen LogP contribution is -2.22. The molecule has 0 unspecified atom stereocenters. The number of hydrogen-bond donors (Lipinski definition) is 2. The van der Waals surface area contributed by atoms with Gasteiger partial charge in [-0.25, -0.2) is 4.39 Å². The lowest BCUT2D eigenvalue weighted by Gasteiger charge is -2.08. The van der Waals surface area contributed by atoms with Gasteiger partial charge in [0.1, 0.15) is 5.82 Å². The topological polar surface area (TPSA) is 64.9 Å². The van der Waals surface area contributed by atoms with Crippen molar-refractivity contribution in [2.45, 2.75) is 0 Å². The second kappa shape index (κ2) is 6.86. The first-order valence-corrected chi connectivity index (χ1v) is 6.87. The summed E-state index contributed by atoms with van der Waals surface area (Å²) < 4.78 is 14.5. The smallest absolute Gasteiger partial charge is 0.243 e. The number of nitriles is 1. The lowest BCUT2D eigenvalue weighted by atomic mass is 10.2. The highest BCUT2D eigenvalue weighted by molar-refractivity contribution is 9.10. The second-order valence-corrected chi connectivity index (χ2v) is 5.13. The van der Waals surface area contributed by atoms with Crippen LogP contribution in [-0.4, -0.2) is 12.5 Å². The number of amides is 1. The highest BCUT2D eigenvalue weighted by Gasteiger charge is 2.06. The molecule has 106 valence electrons. The van der Waals surface area contributed by atoms with Gasteiger partial charge in [0.2, 0.25) is 5.91 Å². The molecule has 0 aliphatic rings. The Kier molecular flexibility index (Phi) is 4.90. The number of carbonyl (C=O) groups excluding carboxylic acids is 1. The van der Waals surface area contributed by atoms with Gasteiger partial charge in [-0.2, -0.15) is 5.26 Å². The molecule has 0 aromatic heterocycles. The summed E-state index contributed by atoms with van der Waals surface area (Å²) in [6, 6.07) is 13.0. The molecule has 0 aliphatic heterocycles. The van der Waals surface area contributed by atoms with Crippen molar-refractivity contribution < 1.29 is 9.18 Å². The minimum atomic E-state index is -0.564. The fourth-order valence-corrected chi connectivity index (χ4v) is 1.91. The standard InChI is InChI=1S/C15H11BrFN3O/c16-11-2-4-12(5-3-11)20-15(21)9-19-14-6-1-10(8-18)7-13(14)17/h1-7,19H,9H2,(H,20,21). The Morgan fingerprint density at radius 2 is 1.95 bits per heavy atom. The molecule has 0 bridgehead atoms. The zero-order valence-electron chi connectivity index (χ0n) is 10.9. The molecule has 0 aliphatic carbocycles. The molecule has 0 spiro atoms. The summed E-state index contributed by atoms with van der Waals surface area (Å²) in [5.41, 5.74) is 1.07. The molecule has 0 saturated heterocycles. The van der Waals surface area contributed by atoms with Gasteiger partial charge in [-0.1, -0.05) is 15.9 Å². The van der Waals surface area contributed by atoms with Crippen LogP contribution in [0.15, 0.2) is 46.9 Å². The fourth-order valence-electron chi connectivity index (χ4n) is 1.64. The number of hydrogen-bond acceptors (Lipinski definition) is 3. The Hall–Kier alpha value is -2.39. The molecule has 0 saturated carbocycles. The maximum atomic E-state index is 13.6. The molecule has 0 heterocycles. The summed E-state index contributed by atoms with van der Waals surface area (Å²) in [5.74, 6) is -0.855. The van der Waals surface area contributed by atoms with E-state index in [9.17, 15) is 9.18 Å². The molecule has 0 atom stereocenters. The summed E-state index contributed by atoms with van der Waals surface area (Å²) in [6.45, 7) is -0.0706. The molecule has 2 aromatic rings. The van der Waals surface area contributed by atoms with Gasteiger partial charge >= 0.3 is 0 Å². The quantitative estimate of drug-likeness (QED) is 0.889. The highest BCUT2D eigenvalue weighted by atomic mass is 79.9. The SMILES string of the molecule is N#Cc1ccc(NCC(=O)Nc2ccc(Br)cc2)c(F)c1. The molecule has 6 heteroatoms. The first-order valence-electron chi connectivity index (χ1n) is 6.07. The molecular formula is C15H11BrFN3O. The van der Waals surface area contributed by atoms with E-state index in [1.165, 1.54) is 12.1 Å². The third kappa shape index (κ3) is 4.29. The third-order valence-corrected chi connectivity index (χ3v) is 3.19. The van der Waals surface area contributed by atoms with Gasteiger partial charge in [0.25, 0.3) is 0 Å². The fraction of sp³-hybridized carbons (Fsp3) is 0.0667. The molecule has 21 heavy (non-hydrogen) atoms. The molecule has 0 fully saturated rings. The van der Waals surface area contributed by atoms with E-state index in [1.54, 1.807) is 12.1 Å². The van der Waals surface area contributed by atoms with Crippen LogP contribution in [0.3, 0.4) is 0 Å². The van der Waals surface area contributed by atoms with E-state index in [4.69, 9.17) is 5.26 Å². The Morgan fingerprint density at radius 3 is 2.57 bits per heavy atom. The maximum absolute atomic E-state index is 13.6. The zero-order chi connectivity index (χ0) is 15.2. The summed E-state index contributed by atoms with van der Waals surface area (Å²) in [5, 5.41) is 14.0. The van der Waals surface area contributed by atoms with Crippen molar-refractivity contribution in [2.24, 2.45) is 0 Å². The van der Waals surface area contributed by atoms with Gasteiger partial charge in [-0.3, -0.25) is 4.79 Å². The first kappa shape index (κ1) is 15.0. The van der Waals surface area contributed by atoms with E-state index < -0.39 is 5.82 Å². The highest BCUT2D eigenvalue weighted by Crippen LogP contribution is 2.16. The number of rotatable bonds is 4. The van der Waals surface area contributed by atoms with Crippen LogP contribution in [0.5, 0.6) is 0 Å². The van der Waals surface area contributed by atoms with Gasteiger partial charge in [0.05, 0.1) is 23.9 Å². The minimum Gasteiger partial charge on any atom is -0.374 e. The average molecular weight is 348 g/mol. The predicted molar refractivity (Wildman–Crippen MR) is 82.4 cm³/mol. The van der Waals surface area contributed by atoms with E-state index in [1.807, 2.05) is 18.2 Å². The van der Waals surface area contributed by atoms with Gasteiger partial charge in [0, 0.05) is 10.2 Å². The Morgan fingerprint density at radius 1 is 1.24 bits per heavy atom. The van der Waals surface area contributed by atoms with Crippen LogP contribution in [0.2, 0.25) is 0 Å². The molecule has 1 amide bonds. The van der Waals surface area contributed by atoms with Crippen LogP contribution in [0.4, 0.5) is 15.8 Å². The van der Waals surface area contributed by atoms with Crippen molar-refractivity contribution in [3.8, 4) is 6.07 Å². The van der Waals surface area contributed by atoms with Crippen molar-refractivity contribution in [3.05, 3.63) is 58.3 Å². The molecule has 4 nitrogen and oxygen atoms in total. The van der Waals surface area contributed by atoms with Crippen LogP contribution in [0.25, 0.3) is 0 Å². The van der Waals surface area contributed by atoms with Crippen molar-refractivity contribution in [1.82, 2.24) is 0 Å². The summed E-state index contributed by atoms with van der Waals surface area (Å²) in [7, 11) is 0. The molecule has 2 aromatic carbocycles. The summed E-state index contributed by atoms with van der Waals surface area (Å²) >= 11 is 3.30. The number of carbonyl (C=O) groups is 1. The number of anilines is 2. The second-order valence-electron chi connectivity index (χ2n) is 4.22. The lowest BCUT2D eigenvalue weighted by molar-refractivity contribution is -0.114. The van der Waals surface area contributed by atoms with Gasteiger partial charge in [-0.15, -0.1) is 0 Å². The van der Waals surface area contributed by atoms with E-state index in [0.29, 0.717) is 5.69 Å². The number of nitrogens with zero attached hydrogens (tertiary/aromatic N) is 1. The van der Waals surface area contributed by atoms with Crippen molar-refractivity contribution in [3.63, 3.8) is 0 Å². The first-order chi connectivity index (χ1) is 10.1. The maximum Gasteiger partial charge on any atom is 0.243 e. The van der Waals surface area contributed by atoms with Crippen LogP contribution in [-0.2, 0) is 4.79 Å². The number of halogens is 2. The van der Waals surface area contributed by atoms with Crippen LogP contribution >= 0.6 is 15.9 Å². The predicted octanol–water partition coefficient (Wildman–Crippen LogP) is 3.51. The van der Waals surface area contributed by atoms with Gasteiger partial charge in [0.15, 0.2) is 0 Å². The average Bonchev–Trinajstić information content (AvgIpc) is 2.48. The Balaban J connectivity index is 1.92. The zero-order valence-corrected chi connectivity index (χ0v) is 12.4. The van der Waals surface area contributed by atoms with E-state index in [2.05, 4.69) is 26.6 Å². The van der Waals surface area contributed by atoms with E-state index in [-0.39, 0.29) is 23.7 Å². The summed E-state index contributed by atoms with van der Waals surface area (Å²) in [6.07, 6.45) is 0. The number of nitrogens with one attached hydrogen (secondary N) is 2. The van der Waals surface area contributed by atoms with Crippen LogP contribution in [0, 0.1) is 17.1 Å². The van der Waals surface area contributed by atoms with E-state index >= 15 is 0 Å². The summed E-state index contributed by atoms with van der Waals surface area (Å²) in [4.78, 5) is 11.7. The number of benzene rings is 2. The van der Waals surface area contributed by atoms with Crippen LogP contribution in [0.1, 0.15) is 5.56 Å². The van der Waals surface area contributed by atoms with Gasteiger partial charge < -0.3 is 10.6 Å². The third-order valence-electron chi connectivity index (χ3n) is 2.67. The van der Waals surface area contributed by atoms with Crippen molar-refractivity contribution in [1.29, 1.82) is 5.26 Å².